The van der Waals surface area contributed by atoms with E-state index in [0.29, 0.717) is 12.4 Å². The van der Waals surface area contributed by atoms with Crippen molar-refractivity contribution >= 4 is 23.3 Å². The highest BCUT2D eigenvalue weighted by atomic mass is 32.2. The molecule has 1 N–H and O–H groups in total. The van der Waals surface area contributed by atoms with Crippen LogP contribution >= 0.6 is 11.8 Å². The third-order valence-corrected chi connectivity index (χ3v) is 4.15. The van der Waals surface area contributed by atoms with Crippen molar-refractivity contribution in [3.05, 3.63) is 63.3 Å². The summed E-state index contributed by atoms with van der Waals surface area (Å²) in [5.41, 5.74) is 2.08. The van der Waals surface area contributed by atoms with Crippen molar-refractivity contribution < 1.29 is 4.92 Å². The Morgan fingerprint density at radius 3 is 2.70 bits per heavy atom. The number of hydrogen-bond donors (Lipinski definition) is 1. The highest BCUT2D eigenvalue weighted by Gasteiger charge is 2.15. The number of thioether (sulfide) groups is 1. The molecule has 0 radical (unpaired) electrons. The minimum absolute atomic E-state index is 0.174. The van der Waals surface area contributed by atoms with Gasteiger partial charge in [0, 0.05) is 24.1 Å². The summed E-state index contributed by atoms with van der Waals surface area (Å²) in [5.74, 6) is 2.27. The lowest BCUT2D eigenvalue weighted by atomic mass is 10.2. The number of aromatic nitrogens is 1. The molecule has 1 aromatic heterocycles. The van der Waals surface area contributed by atoms with Gasteiger partial charge < -0.3 is 5.32 Å². The van der Waals surface area contributed by atoms with Gasteiger partial charge in [0.15, 0.2) is 0 Å². The fourth-order valence-electron chi connectivity index (χ4n) is 1.91. The van der Waals surface area contributed by atoms with Crippen LogP contribution in [0.4, 0.5) is 11.5 Å². The van der Waals surface area contributed by atoms with Gasteiger partial charge in [0.25, 0.3) is 0 Å². The van der Waals surface area contributed by atoms with Crippen LogP contribution in [0.15, 0.2) is 36.4 Å². The van der Waals surface area contributed by atoms with Crippen molar-refractivity contribution in [2.24, 2.45) is 0 Å². The number of aryl methyl sites for hydroxylation is 1. The second-order valence-corrected chi connectivity index (χ2v) is 6.00. The molecule has 6 nitrogen and oxygen atoms in total. The standard InChI is InChI=1S/C16H16N4O2S/c1-12-2-4-13(5-3-12)11-23-9-8-18-16-7-6-15(20(21)22)14(10-17)19-16/h2-7H,8-9,11H2,1H3,(H,18,19). The largest absolute Gasteiger partial charge is 0.369 e. The lowest BCUT2D eigenvalue weighted by molar-refractivity contribution is -0.385. The first kappa shape index (κ1) is 16.8. The SMILES string of the molecule is Cc1ccc(CSCCNc2ccc([N+](=O)[O-])c(C#N)n2)cc1. The average Bonchev–Trinajstić information content (AvgIpc) is 2.55. The number of rotatable bonds is 7. The smallest absolute Gasteiger partial charge is 0.305 e. The van der Waals surface area contributed by atoms with Crippen LogP contribution in [0.25, 0.3) is 0 Å². The van der Waals surface area contributed by atoms with Crippen molar-refractivity contribution in [3.63, 3.8) is 0 Å². The molecule has 23 heavy (non-hydrogen) atoms. The normalized spacial score (nSPS) is 10.1. The molecular weight excluding hydrogens is 312 g/mol. The zero-order valence-electron chi connectivity index (χ0n) is 12.7. The molecule has 0 atom stereocenters. The Bertz CT molecular complexity index is 726. The molecule has 0 aliphatic heterocycles. The van der Waals surface area contributed by atoms with Crippen LogP contribution < -0.4 is 5.32 Å². The molecule has 2 aromatic rings. The van der Waals surface area contributed by atoms with Crippen molar-refractivity contribution in [1.82, 2.24) is 4.98 Å². The minimum atomic E-state index is -0.604. The maximum atomic E-state index is 10.7. The van der Waals surface area contributed by atoms with E-state index in [-0.39, 0.29) is 11.4 Å². The number of nitro groups is 1. The molecule has 2 rings (SSSR count). The van der Waals surface area contributed by atoms with Crippen LogP contribution in [0.1, 0.15) is 16.8 Å². The fraction of sp³-hybridized carbons (Fsp3) is 0.250. The van der Waals surface area contributed by atoms with Crippen molar-refractivity contribution in [3.8, 4) is 6.07 Å². The number of nitrogens with one attached hydrogen (secondary N) is 1. The Kier molecular flexibility index (Phi) is 5.94. The number of nitriles is 1. The van der Waals surface area contributed by atoms with Gasteiger partial charge in [0.05, 0.1) is 4.92 Å². The topological polar surface area (TPSA) is 91.9 Å². The van der Waals surface area contributed by atoms with Crippen LogP contribution in [-0.2, 0) is 5.75 Å². The lowest BCUT2D eigenvalue weighted by Gasteiger charge is -2.06. The Morgan fingerprint density at radius 2 is 2.04 bits per heavy atom. The predicted octanol–water partition coefficient (Wildman–Crippen LogP) is 3.52. The maximum Gasteiger partial charge on any atom is 0.305 e. The van der Waals surface area contributed by atoms with E-state index in [9.17, 15) is 10.1 Å². The first-order valence-electron chi connectivity index (χ1n) is 7.03. The van der Waals surface area contributed by atoms with Gasteiger partial charge in [0.2, 0.25) is 5.69 Å². The summed E-state index contributed by atoms with van der Waals surface area (Å²) in [4.78, 5) is 14.1. The average molecular weight is 328 g/mol. The van der Waals surface area contributed by atoms with Crippen LogP contribution in [0.3, 0.4) is 0 Å². The number of nitrogens with zero attached hydrogens (tertiary/aromatic N) is 3. The summed E-state index contributed by atoms with van der Waals surface area (Å²) >= 11 is 1.79. The van der Waals surface area contributed by atoms with E-state index in [0.717, 1.165) is 11.5 Å². The Hall–Kier alpha value is -2.59. The van der Waals surface area contributed by atoms with Crippen LogP contribution in [-0.4, -0.2) is 22.2 Å². The summed E-state index contributed by atoms with van der Waals surface area (Å²) in [6.45, 7) is 2.74. The van der Waals surface area contributed by atoms with E-state index >= 15 is 0 Å². The number of benzene rings is 1. The van der Waals surface area contributed by atoms with E-state index in [1.54, 1.807) is 17.8 Å². The van der Waals surface area contributed by atoms with Crippen LogP contribution in [0, 0.1) is 28.4 Å². The first-order chi connectivity index (χ1) is 11.1. The molecule has 0 aliphatic carbocycles. The molecule has 0 amide bonds. The highest BCUT2D eigenvalue weighted by molar-refractivity contribution is 7.98. The van der Waals surface area contributed by atoms with Crippen molar-refractivity contribution in [2.75, 3.05) is 17.6 Å². The zero-order chi connectivity index (χ0) is 16.7. The number of hydrogen-bond acceptors (Lipinski definition) is 6. The van der Waals surface area contributed by atoms with Gasteiger partial charge in [-0.15, -0.1) is 0 Å². The monoisotopic (exact) mass is 328 g/mol. The van der Waals surface area contributed by atoms with Crippen molar-refractivity contribution in [1.29, 1.82) is 5.26 Å². The summed E-state index contributed by atoms with van der Waals surface area (Å²) in [6.07, 6.45) is 0. The minimum Gasteiger partial charge on any atom is -0.369 e. The summed E-state index contributed by atoms with van der Waals surface area (Å²) in [5, 5.41) is 22.7. The van der Waals surface area contributed by atoms with E-state index in [1.165, 1.54) is 23.3 Å². The summed E-state index contributed by atoms with van der Waals surface area (Å²) in [6, 6.07) is 13.0. The fourth-order valence-corrected chi connectivity index (χ4v) is 2.72. The van der Waals surface area contributed by atoms with Gasteiger partial charge in [-0.1, -0.05) is 29.8 Å². The summed E-state index contributed by atoms with van der Waals surface area (Å²) in [7, 11) is 0. The molecule has 1 heterocycles. The van der Waals surface area contributed by atoms with Crippen LogP contribution in [0.5, 0.6) is 0 Å². The molecule has 1 aromatic carbocycles. The number of anilines is 1. The quantitative estimate of drug-likeness (QED) is 0.475. The summed E-state index contributed by atoms with van der Waals surface area (Å²) < 4.78 is 0. The lowest BCUT2D eigenvalue weighted by Crippen LogP contribution is -2.07. The molecule has 0 saturated carbocycles. The Balaban J connectivity index is 1.79. The van der Waals surface area contributed by atoms with Gasteiger partial charge in [-0.2, -0.15) is 17.0 Å². The molecule has 0 bridgehead atoms. The third-order valence-electron chi connectivity index (χ3n) is 3.12. The van der Waals surface area contributed by atoms with E-state index in [1.807, 2.05) is 0 Å². The van der Waals surface area contributed by atoms with E-state index in [2.05, 4.69) is 41.5 Å². The number of pyridine rings is 1. The molecule has 0 aliphatic rings. The molecule has 7 heteroatoms. The predicted molar refractivity (Wildman–Crippen MR) is 91.4 cm³/mol. The maximum absolute atomic E-state index is 10.7. The molecule has 0 spiro atoms. The second kappa shape index (κ2) is 8.15. The second-order valence-electron chi connectivity index (χ2n) is 4.90. The van der Waals surface area contributed by atoms with Gasteiger partial charge >= 0.3 is 5.69 Å². The third kappa shape index (κ3) is 4.97. The Labute approximate surface area is 138 Å². The first-order valence-corrected chi connectivity index (χ1v) is 8.18. The molecular formula is C16H16N4O2S. The Morgan fingerprint density at radius 1 is 1.30 bits per heavy atom. The van der Waals surface area contributed by atoms with E-state index in [4.69, 9.17) is 5.26 Å². The van der Waals surface area contributed by atoms with Crippen molar-refractivity contribution in [2.45, 2.75) is 12.7 Å². The highest BCUT2D eigenvalue weighted by Crippen LogP contribution is 2.18. The molecule has 0 unspecified atom stereocenters. The van der Waals surface area contributed by atoms with Gasteiger partial charge in [-0.25, -0.2) is 4.98 Å². The van der Waals surface area contributed by atoms with E-state index < -0.39 is 4.92 Å². The molecule has 0 saturated heterocycles. The zero-order valence-corrected chi connectivity index (χ0v) is 13.5. The van der Waals surface area contributed by atoms with Gasteiger partial charge in [0.1, 0.15) is 11.9 Å². The van der Waals surface area contributed by atoms with Gasteiger partial charge in [-0.05, 0) is 18.6 Å². The molecule has 118 valence electrons. The molecule has 0 fully saturated rings. The van der Waals surface area contributed by atoms with Crippen LogP contribution in [0.2, 0.25) is 0 Å². The van der Waals surface area contributed by atoms with Gasteiger partial charge in [-0.3, -0.25) is 10.1 Å².